The first-order valence-corrected chi connectivity index (χ1v) is 14.8. The first-order chi connectivity index (χ1) is 21.2. The number of amides is 5. The summed E-state index contributed by atoms with van der Waals surface area (Å²) in [6.45, 7) is 5.26. The molecular formula is C32H43N5O8. The molecule has 5 amide bonds. The van der Waals surface area contributed by atoms with Gasteiger partial charge in [0.25, 0.3) is 5.91 Å². The van der Waals surface area contributed by atoms with Gasteiger partial charge < -0.3 is 41.5 Å². The summed E-state index contributed by atoms with van der Waals surface area (Å²) in [4.78, 5) is 65.8. The third-order valence-electron chi connectivity index (χ3n) is 7.15. The monoisotopic (exact) mass is 625 g/mol. The number of nitrogens with one attached hydrogen (secondary N) is 3. The van der Waals surface area contributed by atoms with Gasteiger partial charge in [-0.05, 0) is 44.7 Å². The van der Waals surface area contributed by atoms with E-state index in [1.807, 2.05) is 0 Å². The lowest BCUT2D eigenvalue weighted by Crippen LogP contribution is -2.62. The van der Waals surface area contributed by atoms with Gasteiger partial charge in [0.15, 0.2) is 6.10 Å². The van der Waals surface area contributed by atoms with Gasteiger partial charge in [0.1, 0.15) is 18.7 Å². The first-order valence-electron chi connectivity index (χ1n) is 14.8. The van der Waals surface area contributed by atoms with Crippen LogP contribution < -0.4 is 21.7 Å². The third kappa shape index (κ3) is 11.2. The maximum absolute atomic E-state index is 13.7. The van der Waals surface area contributed by atoms with Crippen LogP contribution in [0, 0.1) is 0 Å². The minimum atomic E-state index is -1.83. The number of aliphatic hydroxyl groups is 2. The Balaban J connectivity index is 1.80. The normalized spacial score (nSPS) is 18.6. The topological polar surface area (TPSA) is 200 Å². The first kappa shape index (κ1) is 35.0. The number of carbonyl (C=O) groups is 5. The number of nitrogens with zero attached hydrogens (tertiary/aromatic N) is 1. The van der Waals surface area contributed by atoms with Crippen LogP contribution in [0.2, 0.25) is 0 Å². The Morgan fingerprint density at radius 3 is 2.16 bits per heavy atom. The highest BCUT2D eigenvalue weighted by Crippen LogP contribution is 2.21. The van der Waals surface area contributed by atoms with Crippen molar-refractivity contribution in [3.05, 3.63) is 71.8 Å². The number of nitrogens with two attached hydrogens (primary N) is 1. The van der Waals surface area contributed by atoms with E-state index in [2.05, 4.69) is 16.0 Å². The molecule has 3 rings (SSSR count). The summed E-state index contributed by atoms with van der Waals surface area (Å²) in [7, 11) is 0. The van der Waals surface area contributed by atoms with Gasteiger partial charge in [0, 0.05) is 18.5 Å². The number of alkyl carbamates (subject to hydrolysis) is 1. The predicted octanol–water partition coefficient (Wildman–Crippen LogP) is 0.512. The van der Waals surface area contributed by atoms with E-state index < -0.39 is 72.0 Å². The summed E-state index contributed by atoms with van der Waals surface area (Å²) < 4.78 is 5.18. The average molecular weight is 626 g/mol. The standard InChI is InChI=1S/C32H43N5O8/c1-32(2,3)36-29(42)25-17-22(38)14-15-37(25)30(43)27(40)23(16-20-10-6-4-7-11-20)34-28(41)24(18-26(33)39)35-31(44)45-19-21-12-8-5-9-13-21/h4-13,22-25,27,38,40H,14-19H2,1-3H3,(H2,33,39)(H,34,41)(H,35,44)(H,36,42)/t22-,23?,24-,25+,27?/m0/s1. The van der Waals surface area contributed by atoms with E-state index in [0.29, 0.717) is 11.1 Å². The minimum Gasteiger partial charge on any atom is -0.445 e. The van der Waals surface area contributed by atoms with Crippen LogP contribution in [0.15, 0.2) is 60.7 Å². The second-order valence-electron chi connectivity index (χ2n) is 12.1. The fraction of sp³-hybridized carbons (Fsp3) is 0.469. The quantitative estimate of drug-likeness (QED) is 0.196. The molecule has 0 spiro atoms. The van der Waals surface area contributed by atoms with Gasteiger partial charge in [-0.3, -0.25) is 19.2 Å². The zero-order valence-electron chi connectivity index (χ0n) is 25.8. The molecule has 1 aliphatic rings. The Labute approximate surface area is 262 Å². The molecule has 0 aliphatic carbocycles. The summed E-state index contributed by atoms with van der Waals surface area (Å²) in [6.07, 6.45) is -4.02. The van der Waals surface area contributed by atoms with Crippen molar-refractivity contribution in [3.63, 3.8) is 0 Å². The number of rotatable bonds is 12. The highest BCUT2D eigenvalue weighted by Gasteiger charge is 2.41. The Bertz CT molecular complexity index is 1320. The number of aliphatic hydroxyl groups excluding tert-OH is 2. The second-order valence-corrected chi connectivity index (χ2v) is 12.1. The van der Waals surface area contributed by atoms with Crippen molar-refractivity contribution in [2.45, 2.75) is 88.9 Å². The Kier molecular flexibility index (Phi) is 12.4. The summed E-state index contributed by atoms with van der Waals surface area (Å²) in [5.74, 6) is -3.06. The van der Waals surface area contributed by atoms with Gasteiger partial charge >= 0.3 is 6.09 Å². The van der Waals surface area contributed by atoms with Crippen molar-refractivity contribution in [2.24, 2.45) is 5.73 Å². The smallest absolute Gasteiger partial charge is 0.408 e. The summed E-state index contributed by atoms with van der Waals surface area (Å²) in [6, 6.07) is 13.8. The molecule has 1 saturated heterocycles. The number of hydrogen-bond acceptors (Lipinski definition) is 8. The maximum Gasteiger partial charge on any atom is 0.408 e. The van der Waals surface area contributed by atoms with Crippen LogP contribution in [-0.4, -0.2) is 87.3 Å². The molecule has 7 N–H and O–H groups in total. The van der Waals surface area contributed by atoms with Crippen molar-refractivity contribution < 1.29 is 38.9 Å². The summed E-state index contributed by atoms with van der Waals surface area (Å²) >= 11 is 0. The summed E-state index contributed by atoms with van der Waals surface area (Å²) in [5, 5.41) is 29.4. The van der Waals surface area contributed by atoms with Crippen LogP contribution in [0.3, 0.4) is 0 Å². The molecule has 5 atom stereocenters. The number of primary amides is 1. The minimum absolute atomic E-state index is 0.00342. The highest BCUT2D eigenvalue weighted by molar-refractivity contribution is 5.93. The highest BCUT2D eigenvalue weighted by atomic mass is 16.5. The molecule has 2 unspecified atom stereocenters. The van der Waals surface area contributed by atoms with Gasteiger partial charge in [-0.2, -0.15) is 0 Å². The van der Waals surface area contributed by atoms with E-state index in [0.717, 1.165) is 0 Å². The molecular weight excluding hydrogens is 582 g/mol. The molecule has 13 heteroatoms. The van der Waals surface area contributed by atoms with Crippen molar-refractivity contribution in [2.75, 3.05) is 6.54 Å². The summed E-state index contributed by atoms with van der Waals surface area (Å²) in [5.41, 5.74) is 6.12. The molecule has 2 aromatic carbocycles. The Morgan fingerprint density at radius 1 is 0.978 bits per heavy atom. The van der Waals surface area contributed by atoms with E-state index in [4.69, 9.17) is 10.5 Å². The van der Waals surface area contributed by atoms with Crippen molar-refractivity contribution in [1.82, 2.24) is 20.9 Å². The number of ether oxygens (including phenoxy) is 1. The SMILES string of the molecule is CC(C)(C)NC(=O)[C@H]1C[C@@H](O)CCN1C(=O)C(O)C(Cc1ccccc1)NC(=O)[C@H](CC(N)=O)NC(=O)OCc1ccccc1. The van der Waals surface area contributed by atoms with Gasteiger partial charge in [0.05, 0.1) is 18.6 Å². The zero-order valence-corrected chi connectivity index (χ0v) is 25.8. The average Bonchev–Trinajstić information content (AvgIpc) is 2.98. The van der Waals surface area contributed by atoms with E-state index in [1.54, 1.807) is 81.4 Å². The van der Waals surface area contributed by atoms with Crippen LogP contribution in [0.25, 0.3) is 0 Å². The number of piperidine rings is 1. The van der Waals surface area contributed by atoms with Crippen LogP contribution in [0.4, 0.5) is 4.79 Å². The lowest BCUT2D eigenvalue weighted by atomic mass is 9.94. The molecule has 2 aromatic rings. The van der Waals surface area contributed by atoms with Crippen molar-refractivity contribution in [3.8, 4) is 0 Å². The van der Waals surface area contributed by atoms with Crippen LogP contribution in [0.1, 0.15) is 51.2 Å². The van der Waals surface area contributed by atoms with E-state index in [-0.39, 0.29) is 32.4 Å². The maximum atomic E-state index is 13.7. The number of carbonyl (C=O) groups excluding carboxylic acids is 5. The van der Waals surface area contributed by atoms with E-state index >= 15 is 0 Å². The van der Waals surface area contributed by atoms with Crippen LogP contribution >= 0.6 is 0 Å². The van der Waals surface area contributed by atoms with Gasteiger partial charge in [-0.1, -0.05) is 60.7 Å². The van der Waals surface area contributed by atoms with Crippen LogP contribution in [0.5, 0.6) is 0 Å². The molecule has 45 heavy (non-hydrogen) atoms. The molecule has 0 bridgehead atoms. The van der Waals surface area contributed by atoms with Gasteiger partial charge in [0.2, 0.25) is 17.7 Å². The zero-order chi connectivity index (χ0) is 33.1. The molecule has 1 fully saturated rings. The fourth-order valence-electron chi connectivity index (χ4n) is 4.96. The Hall–Kier alpha value is -4.49. The lowest BCUT2D eigenvalue weighted by Gasteiger charge is -2.40. The largest absolute Gasteiger partial charge is 0.445 e. The van der Waals surface area contributed by atoms with Gasteiger partial charge in [-0.15, -0.1) is 0 Å². The number of hydrogen-bond donors (Lipinski definition) is 6. The fourth-order valence-corrected chi connectivity index (χ4v) is 4.96. The van der Waals surface area contributed by atoms with Gasteiger partial charge in [-0.25, -0.2) is 4.79 Å². The molecule has 0 aromatic heterocycles. The number of likely N-dealkylation sites (tertiary alicyclic amines) is 1. The second kappa shape index (κ2) is 16.0. The molecule has 244 valence electrons. The third-order valence-corrected chi connectivity index (χ3v) is 7.15. The lowest BCUT2D eigenvalue weighted by molar-refractivity contribution is -0.153. The molecule has 0 saturated carbocycles. The molecule has 13 nitrogen and oxygen atoms in total. The molecule has 0 radical (unpaired) electrons. The van der Waals surface area contributed by atoms with Crippen LogP contribution in [-0.2, 0) is 36.9 Å². The van der Waals surface area contributed by atoms with E-state index in [1.165, 1.54) is 4.90 Å². The predicted molar refractivity (Wildman–Crippen MR) is 164 cm³/mol. The Morgan fingerprint density at radius 2 is 1.58 bits per heavy atom. The van der Waals surface area contributed by atoms with E-state index in [9.17, 15) is 34.2 Å². The number of benzene rings is 2. The van der Waals surface area contributed by atoms with Crippen molar-refractivity contribution >= 4 is 29.7 Å². The molecule has 1 heterocycles. The molecule has 1 aliphatic heterocycles. The van der Waals surface area contributed by atoms with Crippen molar-refractivity contribution in [1.29, 1.82) is 0 Å².